The van der Waals surface area contributed by atoms with Crippen molar-refractivity contribution in [2.75, 3.05) is 0 Å². The predicted molar refractivity (Wildman–Crippen MR) is 144 cm³/mol. The van der Waals surface area contributed by atoms with E-state index in [0.29, 0.717) is 12.8 Å². The van der Waals surface area contributed by atoms with Gasteiger partial charge in [0.1, 0.15) is 0 Å². The van der Waals surface area contributed by atoms with E-state index >= 15 is 0 Å². The number of hydrogen-bond acceptors (Lipinski definition) is 2. The summed E-state index contributed by atoms with van der Waals surface area (Å²) < 4.78 is 0. The van der Waals surface area contributed by atoms with Gasteiger partial charge in [0.25, 0.3) is 0 Å². The molecule has 0 aromatic carbocycles. The molecule has 0 saturated heterocycles. The molecule has 0 fully saturated rings. The van der Waals surface area contributed by atoms with Gasteiger partial charge in [0.2, 0.25) is 0 Å². The third kappa shape index (κ3) is 44.7. The van der Waals surface area contributed by atoms with Crippen LogP contribution in [0.2, 0.25) is 0 Å². The van der Waals surface area contributed by atoms with E-state index in [-0.39, 0.29) is 67.7 Å². The Balaban J connectivity index is -0.000000232. The maximum absolute atomic E-state index is 10.3. The molecule has 4 nitrogen and oxygen atoms in total. The van der Waals surface area contributed by atoms with Crippen molar-refractivity contribution in [1.29, 1.82) is 0 Å². The first-order valence-corrected chi connectivity index (χ1v) is 13.0. The third-order valence-electron chi connectivity index (χ3n) is 5.49. The molecule has 0 bridgehead atoms. The van der Waals surface area contributed by atoms with Crippen LogP contribution in [0.5, 0.6) is 0 Å². The Morgan fingerprint density at radius 3 is 0.812 bits per heavy atom. The number of carbonyl (C=O) groups is 2. The standard InChI is InChI=1S/C14H28O2.C12H24O2.Ba.Li.3H/c1-2-3-4-5-6-7-8-9-10-11-12-13-14(15)16;1-2-3-4-5-6-7-8-9-10-11-12(13)14;;;;;/h2-13H2,1H3,(H,15,16);2-11H2,1H3,(H,13,14);;;;;. The van der Waals surface area contributed by atoms with E-state index in [2.05, 4.69) is 13.8 Å². The van der Waals surface area contributed by atoms with E-state index in [0.717, 1.165) is 25.7 Å². The Kier molecular flexibility index (Phi) is 46.2. The molecule has 0 heterocycles. The van der Waals surface area contributed by atoms with E-state index < -0.39 is 11.9 Å². The molecule has 6 heteroatoms. The molecule has 0 aliphatic carbocycles. The summed E-state index contributed by atoms with van der Waals surface area (Å²) in [5, 5.41) is 16.9. The molecule has 0 rings (SSSR count). The van der Waals surface area contributed by atoms with E-state index in [1.54, 1.807) is 0 Å². The van der Waals surface area contributed by atoms with Crippen LogP contribution in [0.1, 0.15) is 155 Å². The molecular weight excluding hydrogens is 521 g/mol. The van der Waals surface area contributed by atoms with Crippen molar-refractivity contribution in [3.63, 3.8) is 0 Å². The van der Waals surface area contributed by atoms with E-state index in [1.807, 2.05) is 0 Å². The Morgan fingerprint density at radius 2 is 0.625 bits per heavy atom. The average Bonchev–Trinajstić information content (AvgIpc) is 2.71. The monoisotopic (exact) mass is 576 g/mol. The van der Waals surface area contributed by atoms with Crippen LogP contribution in [0.3, 0.4) is 0 Å². The van der Waals surface area contributed by atoms with Crippen LogP contribution >= 0.6 is 0 Å². The first-order chi connectivity index (χ1) is 14.5. The van der Waals surface area contributed by atoms with E-state index in [9.17, 15) is 9.59 Å². The van der Waals surface area contributed by atoms with Crippen molar-refractivity contribution in [2.45, 2.75) is 155 Å². The van der Waals surface area contributed by atoms with Crippen molar-refractivity contribution in [2.24, 2.45) is 0 Å². The second-order valence-electron chi connectivity index (χ2n) is 8.65. The molecule has 0 spiro atoms. The van der Waals surface area contributed by atoms with Gasteiger partial charge >= 0.3 is 79.7 Å². The number of carboxylic acid groups (broad SMARTS) is 2. The Morgan fingerprint density at radius 1 is 0.438 bits per heavy atom. The molecule has 32 heavy (non-hydrogen) atoms. The SMILES string of the molecule is CCCCCCCCCCCC(=O)O.CCCCCCCCCCCCCC(=O)O.[BaH2].[LiH]. The summed E-state index contributed by atoms with van der Waals surface area (Å²) >= 11 is 0. The van der Waals surface area contributed by atoms with Gasteiger partial charge in [-0.15, -0.1) is 0 Å². The van der Waals surface area contributed by atoms with Crippen LogP contribution in [-0.4, -0.2) is 89.9 Å². The molecule has 0 saturated carbocycles. The molecule has 186 valence electrons. The van der Waals surface area contributed by atoms with Crippen LogP contribution in [0.25, 0.3) is 0 Å². The van der Waals surface area contributed by atoms with Gasteiger partial charge in [0, 0.05) is 12.8 Å². The number of rotatable bonds is 22. The summed E-state index contributed by atoms with van der Waals surface area (Å²) in [4.78, 5) is 20.5. The van der Waals surface area contributed by atoms with Crippen LogP contribution < -0.4 is 0 Å². The van der Waals surface area contributed by atoms with Crippen LogP contribution in [0.4, 0.5) is 0 Å². The number of unbranched alkanes of at least 4 members (excludes halogenated alkanes) is 18. The molecule has 0 aromatic rings. The molecular formula is C26H55BaLiO4. The molecule has 0 radical (unpaired) electrons. The summed E-state index contributed by atoms with van der Waals surface area (Å²) in [6, 6.07) is 0. The van der Waals surface area contributed by atoms with E-state index in [1.165, 1.54) is 103 Å². The normalized spacial score (nSPS) is 9.81. The quantitative estimate of drug-likeness (QED) is 0.106. The van der Waals surface area contributed by atoms with Crippen molar-refractivity contribution >= 4 is 79.7 Å². The van der Waals surface area contributed by atoms with Crippen LogP contribution in [0, 0.1) is 0 Å². The minimum absolute atomic E-state index is 0. The number of carboxylic acids is 2. The zero-order chi connectivity index (χ0) is 22.7. The fourth-order valence-electron chi connectivity index (χ4n) is 3.53. The first-order valence-electron chi connectivity index (χ1n) is 13.0. The second kappa shape index (κ2) is 36.7. The van der Waals surface area contributed by atoms with Crippen molar-refractivity contribution < 1.29 is 19.8 Å². The number of aliphatic carboxylic acids is 2. The van der Waals surface area contributed by atoms with Gasteiger partial charge in [0.15, 0.2) is 0 Å². The van der Waals surface area contributed by atoms with Gasteiger partial charge in [-0.2, -0.15) is 0 Å². The predicted octanol–water partition coefficient (Wildman–Crippen LogP) is 7.20. The Labute approximate surface area is 252 Å². The third-order valence-corrected chi connectivity index (χ3v) is 5.49. The molecule has 0 amide bonds. The Hall–Kier alpha value is 1.11. The fraction of sp³-hybridized carbons (Fsp3) is 0.923. The zero-order valence-corrected chi connectivity index (χ0v) is 20.3. The zero-order valence-electron chi connectivity index (χ0n) is 20.3. The summed E-state index contributed by atoms with van der Waals surface area (Å²) in [6.45, 7) is 4.48. The fourth-order valence-corrected chi connectivity index (χ4v) is 3.53. The van der Waals surface area contributed by atoms with Crippen LogP contribution in [-0.2, 0) is 9.59 Å². The van der Waals surface area contributed by atoms with Gasteiger partial charge in [-0.05, 0) is 12.8 Å². The average molecular weight is 576 g/mol. The van der Waals surface area contributed by atoms with Gasteiger partial charge in [-0.3, -0.25) is 9.59 Å². The summed E-state index contributed by atoms with van der Waals surface area (Å²) in [7, 11) is 0. The second-order valence-corrected chi connectivity index (χ2v) is 8.65. The van der Waals surface area contributed by atoms with Gasteiger partial charge in [0.05, 0.1) is 0 Å². The summed E-state index contributed by atoms with van der Waals surface area (Å²) in [6.07, 6.45) is 25.8. The van der Waals surface area contributed by atoms with Crippen molar-refractivity contribution in [3.8, 4) is 0 Å². The summed E-state index contributed by atoms with van der Waals surface area (Å²) in [5.41, 5.74) is 0. The Bertz CT molecular complexity index is 368. The maximum atomic E-state index is 10.3. The van der Waals surface area contributed by atoms with Gasteiger partial charge in [-0.1, -0.05) is 129 Å². The van der Waals surface area contributed by atoms with E-state index in [4.69, 9.17) is 10.2 Å². The molecule has 0 aliphatic heterocycles. The number of hydrogen-bond donors (Lipinski definition) is 2. The van der Waals surface area contributed by atoms with Crippen molar-refractivity contribution in [1.82, 2.24) is 0 Å². The molecule has 0 aromatic heterocycles. The minimum atomic E-state index is -0.659. The van der Waals surface area contributed by atoms with Gasteiger partial charge < -0.3 is 10.2 Å². The van der Waals surface area contributed by atoms with Crippen molar-refractivity contribution in [3.05, 3.63) is 0 Å². The van der Waals surface area contributed by atoms with Crippen LogP contribution in [0.15, 0.2) is 0 Å². The topological polar surface area (TPSA) is 74.6 Å². The molecule has 0 unspecified atom stereocenters. The summed E-state index contributed by atoms with van der Waals surface area (Å²) in [5.74, 6) is -1.32. The first kappa shape index (κ1) is 40.3. The molecule has 2 N–H and O–H groups in total. The molecule has 0 atom stereocenters. The van der Waals surface area contributed by atoms with Gasteiger partial charge in [-0.25, -0.2) is 0 Å². The molecule has 0 aliphatic rings.